The molecule has 2 rings (SSSR count). The third kappa shape index (κ3) is 2.99. The molecule has 17 heavy (non-hydrogen) atoms. The Morgan fingerprint density at radius 2 is 1.59 bits per heavy atom. The van der Waals surface area contributed by atoms with Gasteiger partial charge in [0.05, 0.1) is 11.8 Å². The SMILES string of the molecule is C=COc1ccccc1C#Cc1ccccc1. The molecule has 1 heteroatoms. The van der Waals surface area contributed by atoms with E-state index in [9.17, 15) is 0 Å². The second kappa shape index (κ2) is 5.58. The third-order valence-corrected chi connectivity index (χ3v) is 2.21. The van der Waals surface area contributed by atoms with E-state index in [2.05, 4.69) is 18.4 Å². The molecule has 0 aromatic heterocycles. The fourth-order valence-corrected chi connectivity index (χ4v) is 1.42. The number of ether oxygens (including phenoxy) is 1. The predicted octanol–water partition coefficient (Wildman–Crippen LogP) is 3.61. The summed E-state index contributed by atoms with van der Waals surface area (Å²) >= 11 is 0. The Balaban J connectivity index is 2.30. The molecule has 2 aromatic carbocycles. The molecule has 0 N–H and O–H groups in total. The molecular formula is C16H12O. The first-order chi connectivity index (χ1) is 8.40. The lowest BCUT2D eigenvalue weighted by Crippen LogP contribution is -1.85. The van der Waals surface area contributed by atoms with Gasteiger partial charge in [-0.25, -0.2) is 0 Å². The molecule has 0 unspecified atom stereocenters. The summed E-state index contributed by atoms with van der Waals surface area (Å²) < 4.78 is 5.29. The Kier molecular flexibility index (Phi) is 3.62. The smallest absolute Gasteiger partial charge is 0.142 e. The summed E-state index contributed by atoms with van der Waals surface area (Å²) in [6.45, 7) is 3.54. The van der Waals surface area contributed by atoms with Crippen molar-refractivity contribution in [2.45, 2.75) is 0 Å². The Morgan fingerprint density at radius 1 is 0.882 bits per heavy atom. The van der Waals surface area contributed by atoms with Gasteiger partial charge in [-0.3, -0.25) is 0 Å². The fraction of sp³-hybridized carbons (Fsp3) is 0. The van der Waals surface area contributed by atoms with Crippen LogP contribution in [-0.2, 0) is 0 Å². The predicted molar refractivity (Wildman–Crippen MR) is 69.7 cm³/mol. The van der Waals surface area contributed by atoms with Crippen molar-refractivity contribution in [3.05, 3.63) is 78.6 Å². The first-order valence-electron chi connectivity index (χ1n) is 5.34. The number of para-hydroxylation sites is 1. The van der Waals surface area contributed by atoms with Crippen LogP contribution in [0.2, 0.25) is 0 Å². The maximum Gasteiger partial charge on any atom is 0.142 e. The van der Waals surface area contributed by atoms with Crippen molar-refractivity contribution >= 4 is 0 Å². The van der Waals surface area contributed by atoms with Crippen LogP contribution in [0.5, 0.6) is 5.75 Å². The third-order valence-electron chi connectivity index (χ3n) is 2.21. The van der Waals surface area contributed by atoms with E-state index in [1.165, 1.54) is 6.26 Å². The van der Waals surface area contributed by atoms with E-state index in [1.807, 2.05) is 54.6 Å². The van der Waals surface area contributed by atoms with E-state index in [0.717, 1.165) is 16.9 Å². The topological polar surface area (TPSA) is 9.23 Å². The van der Waals surface area contributed by atoms with Gasteiger partial charge in [-0.05, 0) is 24.3 Å². The van der Waals surface area contributed by atoms with Crippen molar-refractivity contribution in [2.75, 3.05) is 0 Å². The van der Waals surface area contributed by atoms with E-state index >= 15 is 0 Å². The average Bonchev–Trinajstić information content (AvgIpc) is 2.39. The number of hydrogen-bond acceptors (Lipinski definition) is 1. The molecule has 0 bridgehead atoms. The molecule has 0 saturated carbocycles. The summed E-state index contributed by atoms with van der Waals surface area (Å²) in [6, 6.07) is 17.5. The molecule has 0 fully saturated rings. The monoisotopic (exact) mass is 220 g/mol. The van der Waals surface area contributed by atoms with Gasteiger partial charge >= 0.3 is 0 Å². The van der Waals surface area contributed by atoms with Gasteiger partial charge < -0.3 is 4.74 Å². The van der Waals surface area contributed by atoms with Crippen LogP contribution in [0.25, 0.3) is 0 Å². The van der Waals surface area contributed by atoms with Crippen LogP contribution >= 0.6 is 0 Å². The first-order valence-corrected chi connectivity index (χ1v) is 5.34. The minimum atomic E-state index is 0.728. The minimum absolute atomic E-state index is 0.728. The van der Waals surface area contributed by atoms with Gasteiger partial charge in [0.15, 0.2) is 0 Å². The molecule has 0 saturated heterocycles. The highest BCUT2D eigenvalue weighted by molar-refractivity contribution is 5.49. The second-order valence-corrected chi connectivity index (χ2v) is 3.40. The molecule has 0 radical (unpaired) electrons. The molecular weight excluding hydrogens is 208 g/mol. The van der Waals surface area contributed by atoms with Crippen LogP contribution in [0.4, 0.5) is 0 Å². The molecule has 0 aliphatic rings. The molecule has 0 atom stereocenters. The summed E-state index contributed by atoms with van der Waals surface area (Å²) in [7, 11) is 0. The van der Waals surface area contributed by atoms with Gasteiger partial charge in [0.2, 0.25) is 0 Å². The van der Waals surface area contributed by atoms with Crippen molar-refractivity contribution in [3.8, 4) is 17.6 Å². The van der Waals surface area contributed by atoms with E-state index < -0.39 is 0 Å². The molecule has 0 aliphatic heterocycles. The van der Waals surface area contributed by atoms with Crippen LogP contribution in [0.1, 0.15) is 11.1 Å². The summed E-state index contributed by atoms with van der Waals surface area (Å²) in [4.78, 5) is 0. The number of rotatable bonds is 2. The van der Waals surface area contributed by atoms with Crippen molar-refractivity contribution in [3.63, 3.8) is 0 Å². The fourth-order valence-electron chi connectivity index (χ4n) is 1.42. The molecule has 0 aliphatic carbocycles. The molecule has 0 heterocycles. The van der Waals surface area contributed by atoms with Gasteiger partial charge in [-0.2, -0.15) is 0 Å². The lowest BCUT2D eigenvalue weighted by molar-refractivity contribution is 0.482. The summed E-state index contributed by atoms with van der Waals surface area (Å²) in [5.74, 6) is 6.91. The van der Waals surface area contributed by atoms with E-state index in [1.54, 1.807) is 0 Å². The van der Waals surface area contributed by atoms with Gasteiger partial charge in [-0.1, -0.05) is 48.8 Å². The maximum absolute atomic E-state index is 5.29. The molecule has 0 spiro atoms. The lowest BCUT2D eigenvalue weighted by atomic mass is 10.1. The Hall–Kier alpha value is -2.46. The summed E-state index contributed by atoms with van der Waals surface area (Å²) in [5, 5.41) is 0. The lowest BCUT2D eigenvalue weighted by Gasteiger charge is -2.01. The van der Waals surface area contributed by atoms with Gasteiger partial charge in [-0.15, -0.1) is 0 Å². The Morgan fingerprint density at radius 3 is 2.35 bits per heavy atom. The van der Waals surface area contributed by atoms with Crippen LogP contribution in [0, 0.1) is 11.8 Å². The highest BCUT2D eigenvalue weighted by Crippen LogP contribution is 2.16. The Bertz CT molecular complexity index is 559. The van der Waals surface area contributed by atoms with E-state index in [0.29, 0.717) is 0 Å². The largest absolute Gasteiger partial charge is 0.464 e. The minimum Gasteiger partial charge on any atom is -0.464 e. The molecule has 0 amide bonds. The van der Waals surface area contributed by atoms with E-state index in [4.69, 9.17) is 4.74 Å². The highest BCUT2D eigenvalue weighted by atomic mass is 16.5. The summed E-state index contributed by atoms with van der Waals surface area (Å²) in [6.07, 6.45) is 1.41. The van der Waals surface area contributed by atoms with Crippen molar-refractivity contribution < 1.29 is 4.74 Å². The van der Waals surface area contributed by atoms with Gasteiger partial charge in [0.1, 0.15) is 5.75 Å². The quantitative estimate of drug-likeness (QED) is 0.555. The van der Waals surface area contributed by atoms with Gasteiger partial charge in [0, 0.05) is 5.56 Å². The zero-order valence-electron chi connectivity index (χ0n) is 9.39. The average molecular weight is 220 g/mol. The molecule has 82 valence electrons. The van der Waals surface area contributed by atoms with Crippen LogP contribution in [0.15, 0.2) is 67.4 Å². The zero-order chi connectivity index (χ0) is 11.9. The second-order valence-electron chi connectivity index (χ2n) is 3.40. The van der Waals surface area contributed by atoms with Crippen LogP contribution in [0.3, 0.4) is 0 Å². The van der Waals surface area contributed by atoms with Gasteiger partial charge in [0.25, 0.3) is 0 Å². The molecule has 1 nitrogen and oxygen atoms in total. The first kappa shape index (κ1) is 11.0. The maximum atomic E-state index is 5.29. The van der Waals surface area contributed by atoms with Crippen molar-refractivity contribution in [2.24, 2.45) is 0 Å². The van der Waals surface area contributed by atoms with E-state index in [-0.39, 0.29) is 0 Å². The highest BCUT2D eigenvalue weighted by Gasteiger charge is 1.97. The normalized spacial score (nSPS) is 8.94. The van der Waals surface area contributed by atoms with Crippen molar-refractivity contribution in [1.29, 1.82) is 0 Å². The number of hydrogen-bond donors (Lipinski definition) is 0. The van der Waals surface area contributed by atoms with Crippen LogP contribution in [-0.4, -0.2) is 0 Å². The Labute approximate surface area is 101 Å². The number of benzene rings is 2. The van der Waals surface area contributed by atoms with Crippen LogP contribution < -0.4 is 4.74 Å². The standard InChI is InChI=1S/C16H12O/c1-2-17-16-11-7-6-10-15(16)13-12-14-8-4-3-5-9-14/h2-11H,1H2. The van der Waals surface area contributed by atoms with Crippen molar-refractivity contribution in [1.82, 2.24) is 0 Å². The summed E-state index contributed by atoms with van der Waals surface area (Å²) in [5.41, 5.74) is 1.84. The molecule has 2 aromatic rings. The zero-order valence-corrected chi connectivity index (χ0v) is 9.39.